The van der Waals surface area contributed by atoms with Crippen LogP contribution in [0.25, 0.3) is 0 Å². The fraction of sp³-hybridized carbons (Fsp3) is 0.368. The molecule has 0 saturated carbocycles. The van der Waals surface area contributed by atoms with Gasteiger partial charge in [0.15, 0.2) is 0 Å². The number of pyridine rings is 1. The zero-order chi connectivity index (χ0) is 17.6. The summed E-state index contributed by atoms with van der Waals surface area (Å²) in [5, 5.41) is 0. The topological polar surface area (TPSA) is 36.4 Å². The average Bonchev–Trinajstić information content (AvgIpc) is 3.17. The highest BCUT2D eigenvalue weighted by Crippen LogP contribution is 2.38. The Morgan fingerprint density at radius 1 is 1.36 bits per heavy atom. The van der Waals surface area contributed by atoms with Crippen LogP contribution >= 0.6 is 15.9 Å². The molecule has 1 aromatic heterocycles. The Hall–Kier alpha value is -1.95. The number of likely N-dealkylation sites (tertiary alicyclic amines) is 1. The Kier molecular flexibility index (Phi) is 4.23. The maximum Gasteiger partial charge on any atom is 0.325 e. The Bertz CT molecular complexity index is 828. The largest absolute Gasteiger partial charge is 0.325 e. The first-order valence-electron chi connectivity index (χ1n) is 8.51. The number of benzene rings is 1. The zero-order valence-electron chi connectivity index (χ0n) is 14.0. The summed E-state index contributed by atoms with van der Waals surface area (Å²) in [5.74, 6) is 0.129. The van der Waals surface area contributed by atoms with E-state index in [1.54, 1.807) is 23.2 Å². The van der Waals surface area contributed by atoms with Gasteiger partial charge in [-0.25, -0.2) is 9.18 Å². The van der Waals surface area contributed by atoms with Gasteiger partial charge in [-0.3, -0.25) is 9.88 Å². The summed E-state index contributed by atoms with van der Waals surface area (Å²) in [6, 6.07) is 8.45. The minimum atomic E-state index is -0.260. The van der Waals surface area contributed by atoms with Crippen LogP contribution in [-0.2, 0) is 6.42 Å². The highest BCUT2D eigenvalue weighted by atomic mass is 79.9. The summed E-state index contributed by atoms with van der Waals surface area (Å²) in [5.41, 5.74) is 2.69. The third-order valence-electron chi connectivity index (χ3n) is 5.00. The van der Waals surface area contributed by atoms with Crippen molar-refractivity contribution in [2.75, 3.05) is 18.0 Å². The van der Waals surface area contributed by atoms with Gasteiger partial charge in [0.05, 0.1) is 17.4 Å². The van der Waals surface area contributed by atoms with E-state index >= 15 is 0 Å². The standard InChI is InChI=1S/C19H19BrFN3O/c1-12-7-17(13-3-2-4-15(21)8-13)24(11-12)19(25)23-6-5-16-18(23)9-14(20)10-22-16/h2-4,8-10,12,17H,5-7,11H2,1H3. The predicted octanol–water partition coefficient (Wildman–Crippen LogP) is 4.55. The van der Waals surface area contributed by atoms with Gasteiger partial charge in [-0.2, -0.15) is 0 Å². The molecule has 2 atom stereocenters. The van der Waals surface area contributed by atoms with Gasteiger partial charge in [-0.05, 0) is 52.0 Å². The molecule has 2 aliphatic rings. The lowest BCUT2D eigenvalue weighted by Crippen LogP contribution is -2.42. The first-order chi connectivity index (χ1) is 12.0. The first kappa shape index (κ1) is 16.5. The quantitative estimate of drug-likeness (QED) is 0.700. The first-order valence-corrected chi connectivity index (χ1v) is 9.30. The molecule has 0 N–H and O–H groups in total. The summed E-state index contributed by atoms with van der Waals surface area (Å²) in [4.78, 5) is 21.4. The van der Waals surface area contributed by atoms with Crippen LogP contribution in [-0.4, -0.2) is 29.0 Å². The lowest BCUT2D eigenvalue weighted by atomic mass is 10.0. The molecule has 1 aromatic carbocycles. The van der Waals surface area contributed by atoms with Crippen molar-refractivity contribution in [1.82, 2.24) is 9.88 Å². The fourth-order valence-corrected chi connectivity index (χ4v) is 4.18. The van der Waals surface area contributed by atoms with Gasteiger partial charge in [-0.15, -0.1) is 0 Å². The third kappa shape index (κ3) is 3.03. The van der Waals surface area contributed by atoms with Crippen molar-refractivity contribution in [1.29, 1.82) is 0 Å². The van der Waals surface area contributed by atoms with Crippen LogP contribution in [0.4, 0.5) is 14.9 Å². The number of halogens is 2. The van der Waals surface area contributed by atoms with Crippen LogP contribution in [0.2, 0.25) is 0 Å². The van der Waals surface area contributed by atoms with Crippen LogP contribution < -0.4 is 4.90 Å². The zero-order valence-corrected chi connectivity index (χ0v) is 15.5. The second-order valence-corrected chi connectivity index (χ2v) is 7.78. The molecule has 2 aromatic rings. The molecule has 3 heterocycles. The maximum absolute atomic E-state index is 13.7. The average molecular weight is 404 g/mol. The number of hydrogen-bond acceptors (Lipinski definition) is 2. The van der Waals surface area contributed by atoms with E-state index in [4.69, 9.17) is 0 Å². The molecule has 0 spiro atoms. The van der Waals surface area contributed by atoms with Crippen molar-refractivity contribution >= 4 is 27.6 Å². The van der Waals surface area contributed by atoms with Crippen molar-refractivity contribution in [3.05, 3.63) is 58.1 Å². The number of carbonyl (C=O) groups is 1. The maximum atomic E-state index is 13.7. The van der Waals surface area contributed by atoms with Crippen LogP contribution in [0.5, 0.6) is 0 Å². The summed E-state index contributed by atoms with van der Waals surface area (Å²) in [7, 11) is 0. The van der Waals surface area contributed by atoms with Crippen LogP contribution in [0.3, 0.4) is 0 Å². The van der Waals surface area contributed by atoms with E-state index in [0.29, 0.717) is 19.0 Å². The van der Waals surface area contributed by atoms with Crippen molar-refractivity contribution in [3.63, 3.8) is 0 Å². The smallest absolute Gasteiger partial charge is 0.317 e. The van der Waals surface area contributed by atoms with E-state index in [9.17, 15) is 9.18 Å². The molecule has 2 amide bonds. The molecule has 2 aliphatic heterocycles. The molecule has 1 saturated heterocycles. The number of fused-ring (bicyclic) bond motifs is 1. The minimum Gasteiger partial charge on any atom is -0.317 e. The Labute approximate surface area is 154 Å². The van der Waals surface area contributed by atoms with Crippen LogP contribution in [0.15, 0.2) is 41.0 Å². The third-order valence-corrected chi connectivity index (χ3v) is 5.43. The Morgan fingerprint density at radius 2 is 2.20 bits per heavy atom. The molecule has 6 heteroatoms. The van der Waals surface area contributed by atoms with E-state index in [1.807, 2.05) is 17.0 Å². The molecule has 2 unspecified atom stereocenters. The molecule has 1 fully saturated rings. The molecule has 25 heavy (non-hydrogen) atoms. The number of nitrogens with zero attached hydrogens (tertiary/aromatic N) is 3. The second kappa shape index (κ2) is 6.41. The van der Waals surface area contributed by atoms with Crippen molar-refractivity contribution in [2.24, 2.45) is 5.92 Å². The number of hydrogen-bond donors (Lipinski definition) is 0. The number of urea groups is 1. The summed E-state index contributed by atoms with van der Waals surface area (Å²) < 4.78 is 14.5. The van der Waals surface area contributed by atoms with Gasteiger partial charge in [0.25, 0.3) is 0 Å². The number of aromatic nitrogens is 1. The normalized spacial score (nSPS) is 22.4. The molecular formula is C19H19BrFN3O. The highest BCUT2D eigenvalue weighted by molar-refractivity contribution is 9.10. The molecular weight excluding hydrogens is 385 g/mol. The number of amides is 2. The Balaban J connectivity index is 1.64. The molecule has 130 valence electrons. The van der Waals surface area contributed by atoms with Crippen LogP contribution in [0, 0.1) is 11.7 Å². The van der Waals surface area contributed by atoms with E-state index in [1.165, 1.54) is 6.07 Å². The lowest BCUT2D eigenvalue weighted by Gasteiger charge is -2.30. The van der Waals surface area contributed by atoms with Crippen LogP contribution in [0.1, 0.15) is 30.6 Å². The van der Waals surface area contributed by atoms with E-state index in [0.717, 1.165) is 34.3 Å². The molecule has 4 rings (SSSR count). The van der Waals surface area contributed by atoms with Gasteiger partial charge < -0.3 is 4.90 Å². The SMILES string of the molecule is CC1CC(c2cccc(F)c2)N(C(=O)N2CCc3ncc(Br)cc32)C1. The summed E-state index contributed by atoms with van der Waals surface area (Å²) in [6.07, 6.45) is 3.38. The molecule has 4 nitrogen and oxygen atoms in total. The Morgan fingerprint density at radius 3 is 3.00 bits per heavy atom. The van der Waals surface area contributed by atoms with E-state index in [2.05, 4.69) is 27.8 Å². The van der Waals surface area contributed by atoms with E-state index in [-0.39, 0.29) is 17.9 Å². The number of anilines is 1. The highest BCUT2D eigenvalue weighted by Gasteiger charge is 2.38. The van der Waals surface area contributed by atoms with Gasteiger partial charge in [-0.1, -0.05) is 19.1 Å². The van der Waals surface area contributed by atoms with Gasteiger partial charge in [0.2, 0.25) is 0 Å². The van der Waals surface area contributed by atoms with Crippen molar-refractivity contribution in [3.8, 4) is 0 Å². The summed E-state index contributed by atoms with van der Waals surface area (Å²) in [6.45, 7) is 3.46. The second-order valence-electron chi connectivity index (χ2n) is 6.87. The van der Waals surface area contributed by atoms with E-state index < -0.39 is 0 Å². The monoisotopic (exact) mass is 403 g/mol. The summed E-state index contributed by atoms with van der Waals surface area (Å²) >= 11 is 3.44. The van der Waals surface area contributed by atoms with Gasteiger partial charge >= 0.3 is 6.03 Å². The minimum absolute atomic E-state index is 0.0164. The van der Waals surface area contributed by atoms with Crippen molar-refractivity contribution in [2.45, 2.75) is 25.8 Å². The lowest BCUT2D eigenvalue weighted by molar-refractivity contribution is 0.199. The number of rotatable bonds is 1. The number of carbonyl (C=O) groups excluding carboxylic acids is 1. The van der Waals surface area contributed by atoms with Gasteiger partial charge in [0, 0.05) is 30.2 Å². The van der Waals surface area contributed by atoms with Gasteiger partial charge in [0.1, 0.15) is 5.82 Å². The predicted molar refractivity (Wildman–Crippen MR) is 98.0 cm³/mol. The molecule has 0 aliphatic carbocycles. The fourth-order valence-electron chi connectivity index (χ4n) is 3.86. The molecule has 0 radical (unpaired) electrons. The van der Waals surface area contributed by atoms with Crippen molar-refractivity contribution < 1.29 is 9.18 Å². The molecule has 0 bridgehead atoms.